The molecule has 3 aromatic carbocycles. The van der Waals surface area contributed by atoms with Crippen LogP contribution in [0.1, 0.15) is 44.4 Å². The molecule has 0 aliphatic heterocycles. The van der Waals surface area contributed by atoms with Crippen LogP contribution >= 0.6 is 0 Å². The molecule has 0 saturated carbocycles. The van der Waals surface area contributed by atoms with E-state index in [2.05, 4.69) is 55.5 Å². The number of hydrogen-bond acceptors (Lipinski definition) is 3. The lowest BCUT2D eigenvalue weighted by Gasteiger charge is -2.11. The largest absolute Gasteiger partial charge is 0.494 e. The Bertz CT molecular complexity index is 976. The van der Waals surface area contributed by atoms with Gasteiger partial charge in [-0.1, -0.05) is 48.6 Å². The minimum atomic E-state index is 0.658. The summed E-state index contributed by atoms with van der Waals surface area (Å²) in [7, 11) is 0. The van der Waals surface area contributed by atoms with Crippen molar-refractivity contribution in [1.29, 1.82) is 0 Å². The van der Waals surface area contributed by atoms with Gasteiger partial charge in [0.15, 0.2) is 0 Å². The molecule has 32 heavy (non-hydrogen) atoms. The van der Waals surface area contributed by atoms with E-state index >= 15 is 0 Å². The topological polar surface area (TPSA) is 27.7 Å². The summed E-state index contributed by atoms with van der Waals surface area (Å²) in [5.74, 6) is 2.65. The molecule has 0 radical (unpaired) electrons. The normalized spacial score (nSPS) is 11.1. The molecule has 0 aliphatic carbocycles. The van der Waals surface area contributed by atoms with Crippen molar-refractivity contribution in [3.63, 3.8) is 0 Å². The summed E-state index contributed by atoms with van der Waals surface area (Å²) >= 11 is 0. The Morgan fingerprint density at radius 1 is 0.531 bits per heavy atom. The van der Waals surface area contributed by atoms with E-state index < -0.39 is 0 Å². The van der Waals surface area contributed by atoms with E-state index in [0.29, 0.717) is 19.8 Å². The van der Waals surface area contributed by atoms with Crippen molar-refractivity contribution in [2.75, 3.05) is 19.8 Å². The van der Waals surface area contributed by atoms with Crippen molar-refractivity contribution in [1.82, 2.24) is 0 Å². The first-order chi connectivity index (χ1) is 15.6. The molecule has 0 spiro atoms. The van der Waals surface area contributed by atoms with Crippen molar-refractivity contribution in [2.45, 2.75) is 27.7 Å². The van der Waals surface area contributed by atoms with Crippen LogP contribution < -0.4 is 14.2 Å². The van der Waals surface area contributed by atoms with Gasteiger partial charge in [-0.3, -0.25) is 0 Å². The monoisotopic (exact) mass is 428 g/mol. The first kappa shape index (κ1) is 23.2. The summed E-state index contributed by atoms with van der Waals surface area (Å²) < 4.78 is 16.8. The third kappa shape index (κ3) is 6.27. The smallest absolute Gasteiger partial charge is 0.119 e. The maximum absolute atomic E-state index is 5.61. The Morgan fingerprint density at radius 3 is 1.22 bits per heavy atom. The quantitative estimate of drug-likeness (QED) is 0.315. The molecule has 3 nitrogen and oxygen atoms in total. The van der Waals surface area contributed by atoms with Gasteiger partial charge in [-0.2, -0.15) is 0 Å². The molecule has 0 N–H and O–H groups in total. The van der Waals surface area contributed by atoms with Gasteiger partial charge in [0.05, 0.1) is 19.8 Å². The van der Waals surface area contributed by atoms with Gasteiger partial charge in [0.2, 0.25) is 0 Å². The first-order valence-electron chi connectivity index (χ1n) is 11.2. The zero-order valence-corrected chi connectivity index (χ0v) is 19.4. The molecule has 0 aliphatic rings. The lowest BCUT2D eigenvalue weighted by atomic mass is 9.96. The zero-order chi connectivity index (χ0) is 22.8. The third-order valence-corrected chi connectivity index (χ3v) is 5.07. The molecular formula is C29H32O3. The van der Waals surface area contributed by atoms with Crippen molar-refractivity contribution in [3.05, 3.63) is 102 Å². The molecular weight excluding hydrogens is 396 g/mol. The minimum Gasteiger partial charge on any atom is -0.494 e. The second-order valence-corrected chi connectivity index (χ2v) is 7.30. The summed E-state index contributed by atoms with van der Waals surface area (Å²) in [6.45, 7) is 10.1. The van der Waals surface area contributed by atoms with Crippen LogP contribution in [0.5, 0.6) is 17.2 Å². The average Bonchev–Trinajstić information content (AvgIpc) is 2.82. The van der Waals surface area contributed by atoms with Crippen LogP contribution in [0.3, 0.4) is 0 Å². The van der Waals surface area contributed by atoms with Gasteiger partial charge in [0.1, 0.15) is 17.2 Å². The van der Waals surface area contributed by atoms with E-state index in [-0.39, 0.29) is 0 Å². The van der Waals surface area contributed by atoms with E-state index in [1.54, 1.807) is 0 Å². The summed E-state index contributed by atoms with van der Waals surface area (Å²) in [4.78, 5) is 0. The Kier molecular flexibility index (Phi) is 8.56. The van der Waals surface area contributed by atoms with Crippen LogP contribution in [0.4, 0.5) is 0 Å². The van der Waals surface area contributed by atoms with Crippen LogP contribution in [0, 0.1) is 0 Å². The highest BCUT2D eigenvalue weighted by atomic mass is 16.5. The lowest BCUT2D eigenvalue weighted by molar-refractivity contribution is 0.340. The summed E-state index contributed by atoms with van der Waals surface area (Å²) in [5, 5.41) is 0. The SMILES string of the molecule is CCOc1ccc(C(C)=CC=C(c2ccc(OCC)cc2)c2ccc(OCC)cc2)cc1. The molecule has 3 aromatic rings. The van der Waals surface area contributed by atoms with Crippen LogP contribution in [-0.2, 0) is 0 Å². The first-order valence-corrected chi connectivity index (χ1v) is 11.2. The van der Waals surface area contributed by atoms with E-state index in [1.807, 2.05) is 57.2 Å². The molecule has 0 aromatic heterocycles. The highest BCUT2D eigenvalue weighted by Crippen LogP contribution is 2.28. The maximum Gasteiger partial charge on any atom is 0.119 e. The van der Waals surface area contributed by atoms with E-state index in [9.17, 15) is 0 Å². The van der Waals surface area contributed by atoms with Crippen LogP contribution in [0.15, 0.2) is 84.9 Å². The molecule has 0 saturated heterocycles. The van der Waals surface area contributed by atoms with Gasteiger partial charge in [-0.25, -0.2) is 0 Å². The second kappa shape index (κ2) is 11.8. The van der Waals surface area contributed by atoms with Crippen LogP contribution in [0.2, 0.25) is 0 Å². The summed E-state index contributed by atoms with van der Waals surface area (Å²) in [5.41, 5.74) is 5.76. The fraction of sp³-hybridized carbons (Fsp3) is 0.241. The molecule has 0 atom stereocenters. The Morgan fingerprint density at radius 2 is 0.875 bits per heavy atom. The third-order valence-electron chi connectivity index (χ3n) is 5.07. The molecule has 0 heterocycles. The summed E-state index contributed by atoms with van der Waals surface area (Å²) in [6, 6.07) is 24.7. The van der Waals surface area contributed by atoms with Gasteiger partial charge in [-0.05, 0) is 91.9 Å². The second-order valence-electron chi connectivity index (χ2n) is 7.30. The highest BCUT2D eigenvalue weighted by Gasteiger charge is 2.06. The van der Waals surface area contributed by atoms with Crippen LogP contribution in [0.25, 0.3) is 11.1 Å². The van der Waals surface area contributed by atoms with Crippen molar-refractivity contribution >= 4 is 11.1 Å². The molecule has 0 amide bonds. The maximum atomic E-state index is 5.61. The predicted octanol–water partition coefficient (Wildman–Crippen LogP) is 7.42. The number of ether oxygens (including phenoxy) is 3. The number of benzene rings is 3. The fourth-order valence-electron chi connectivity index (χ4n) is 3.44. The minimum absolute atomic E-state index is 0.658. The van der Waals surface area contributed by atoms with Gasteiger partial charge in [0.25, 0.3) is 0 Å². The standard InChI is InChI=1S/C29H32O3/c1-5-30-26-15-9-23(10-16-26)22(4)8-21-29(24-11-17-27(18-12-24)31-6-2)25-13-19-28(20-14-25)32-7-3/h8-21H,5-7H2,1-4H3. The average molecular weight is 429 g/mol. The fourth-order valence-corrected chi connectivity index (χ4v) is 3.44. The van der Waals surface area contributed by atoms with Crippen molar-refractivity contribution in [3.8, 4) is 17.2 Å². The Labute approximate surface area is 192 Å². The van der Waals surface area contributed by atoms with Gasteiger partial charge in [0, 0.05) is 0 Å². The van der Waals surface area contributed by atoms with Crippen molar-refractivity contribution < 1.29 is 14.2 Å². The lowest BCUT2D eigenvalue weighted by Crippen LogP contribution is -1.94. The number of allylic oxidation sites excluding steroid dienone is 3. The van der Waals surface area contributed by atoms with Gasteiger partial charge in [-0.15, -0.1) is 0 Å². The van der Waals surface area contributed by atoms with E-state index in [0.717, 1.165) is 33.9 Å². The van der Waals surface area contributed by atoms with Crippen LogP contribution in [-0.4, -0.2) is 19.8 Å². The number of rotatable bonds is 10. The predicted molar refractivity (Wildman–Crippen MR) is 134 cm³/mol. The Hall–Kier alpha value is -3.46. The molecule has 0 unspecified atom stereocenters. The summed E-state index contributed by atoms with van der Waals surface area (Å²) in [6.07, 6.45) is 4.34. The molecule has 3 heteroatoms. The molecule has 0 fully saturated rings. The van der Waals surface area contributed by atoms with Gasteiger partial charge >= 0.3 is 0 Å². The highest BCUT2D eigenvalue weighted by molar-refractivity contribution is 5.82. The van der Waals surface area contributed by atoms with Crippen molar-refractivity contribution in [2.24, 2.45) is 0 Å². The molecule has 0 bridgehead atoms. The molecule has 3 rings (SSSR count). The van der Waals surface area contributed by atoms with E-state index in [1.165, 1.54) is 11.1 Å². The van der Waals surface area contributed by atoms with Gasteiger partial charge < -0.3 is 14.2 Å². The van der Waals surface area contributed by atoms with E-state index in [4.69, 9.17) is 14.2 Å². The Balaban J connectivity index is 1.94. The number of hydrogen-bond donors (Lipinski definition) is 0. The molecule has 166 valence electrons. The zero-order valence-electron chi connectivity index (χ0n) is 19.4.